The molecule has 4 nitrogen and oxygen atoms in total. The standard InChI is InChI=1S/C21H18FNO3/c22-14-6-4-13(5-7-14)10-23-11-18-19(25-12-23)9-8-16-15-2-1-3-17(15)21(24)26-20(16)18/h4-9H,1-3,10-12H2. The monoisotopic (exact) mass is 351 g/mol. The highest BCUT2D eigenvalue weighted by Gasteiger charge is 2.25. The van der Waals surface area contributed by atoms with Crippen LogP contribution in [0.3, 0.4) is 0 Å². The van der Waals surface area contributed by atoms with E-state index in [2.05, 4.69) is 4.90 Å². The van der Waals surface area contributed by atoms with Crippen LogP contribution in [0.1, 0.15) is 28.7 Å². The summed E-state index contributed by atoms with van der Waals surface area (Å²) < 4.78 is 24.7. The molecule has 1 aromatic heterocycles. The van der Waals surface area contributed by atoms with Crippen molar-refractivity contribution in [2.45, 2.75) is 32.4 Å². The minimum Gasteiger partial charge on any atom is -0.478 e. The second kappa shape index (κ2) is 5.95. The summed E-state index contributed by atoms with van der Waals surface area (Å²) in [6, 6.07) is 10.5. The molecule has 2 aromatic carbocycles. The van der Waals surface area contributed by atoms with E-state index in [1.54, 1.807) is 12.1 Å². The lowest BCUT2D eigenvalue weighted by atomic mass is 10.0. The molecule has 0 unspecified atom stereocenters. The van der Waals surface area contributed by atoms with E-state index >= 15 is 0 Å². The van der Waals surface area contributed by atoms with Gasteiger partial charge < -0.3 is 9.15 Å². The number of halogens is 1. The third kappa shape index (κ3) is 2.51. The average Bonchev–Trinajstić information content (AvgIpc) is 3.14. The molecule has 0 amide bonds. The molecule has 132 valence electrons. The van der Waals surface area contributed by atoms with Gasteiger partial charge in [-0.2, -0.15) is 0 Å². The number of hydrogen-bond donors (Lipinski definition) is 0. The van der Waals surface area contributed by atoms with Crippen LogP contribution in [0.15, 0.2) is 45.6 Å². The van der Waals surface area contributed by atoms with Gasteiger partial charge in [0.25, 0.3) is 0 Å². The van der Waals surface area contributed by atoms with Gasteiger partial charge in [-0.15, -0.1) is 0 Å². The number of rotatable bonds is 2. The van der Waals surface area contributed by atoms with E-state index in [-0.39, 0.29) is 11.4 Å². The van der Waals surface area contributed by atoms with Crippen LogP contribution in [0.5, 0.6) is 5.75 Å². The summed E-state index contributed by atoms with van der Waals surface area (Å²) >= 11 is 0. The smallest absolute Gasteiger partial charge is 0.339 e. The molecule has 0 bridgehead atoms. The SMILES string of the molecule is O=c1oc2c3c(ccc2c2c1CCC2)OCN(Cc1ccc(F)cc1)C3. The van der Waals surface area contributed by atoms with E-state index in [1.165, 1.54) is 12.1 Å². The fraction of sp³-hybridized carbons (Fsp3) is 0.286. The topological polar surface area (TPSA) is 42.7 Å². The molecular formula is C21H18FNO3. The maximum Gasteiger partial charge on any atom is 0.339 e. The molecule has 3 aromatic rings. The highest BCUT2D eigenvalue weighted by molar-refractivity contribution is 5.86. The Kier molecular flexibility index (Phi) is 3.57. The highest BCUT2D eigenvalue weighted by atomic mass is 19.1. The number of fused-ring (bicyclic) bond motifs is 5. The molecule has 2 aliphatic rings. The molecule has 0 atom stereocenters. The van der Waals surface area contributed by atoms with Gasteiger partial charge in [0.1, 0.15) is 23.9 Å². The van der Waals surface area contributed by atoms with Gasteiger partial charge >= 0.3 is 5.63 Å². The molecular weight excluding hydrogens is 333 g/mol. The van der Waals surface area contributed by atoms with Crippen LogP contribution >= 0.6 is 0 Å². The molecule has 0 spiro atoms. The minimum absolute atomic E-state index is 0.214. The minimum atomic E-state index is -0.240. The first-order valence-electron chi connectivity index (χ1n) is 8.89. The maximum atomic E-state index is 13.1. The molecule has 5 heteroatoms. The van der Waals surface area contributed by atoms with E-state index < -0.39 is 0 Å². The Morgan fingerprint density at radius 1 is 1.00 bits per heavy atom. The summed E-state index contributed by atoms with van der Waals surface area (Å²) in [5, 5.41) is 1.03. The van der Waals surface area contributed by atoms with Crippen LogP contribution in [0.2, 0.25) is 0 Å². The fourth-order valence-electron chi connectivity index (χ4n) is 4.05. The number of benzene rings is 2. The predicted molar refractivity (Wildman–Crippen MR) is 95.7 cm³/mol. The van der Waals surface area contributed by atoms with Crippen LogP contribution in [0, 0.1) is 5.82 Å². The molecule has 26 heavy (non-hydrogen) atoms. The van der Waals surface area contributed by atoms with Crippen LogP contribution in [0.4, 0.5) is 4.39 Å². The van der Waals surface area contributed by atoms with Crippen molar-refractivity contribution >= 4 is 11.0 Å². The van der Waals surface area contributed by atoms with Gasteiger partial charge in [0.15, 0.2) is 0 Å². The number of hydrogen-bond acceptors (Lipinski definition) is 4. The summed E-state index contributed by atoms with van der Waals surface area (Å²) in [6.07, 6.45) is 2.73. The molecule has 5 rings (SSSR count). The Morgan fingerprint density at radius 3 is 2.65 bits per heavy atom. The molecule has 0 fully saturated rings. The van der Waals surface area contributed by atoms with Gasteiger partial charge in [-0.3, -0.25) is 4.90 Å². The lowest BCUT2D eigenvalue weighted by Crippen LogP contribution is -2.31. The average molecular weight is 351 g/mol. The van der Waals surface area contributed by atoms with Crippen LogP contribution in [-0.4, -0.2) is 11.6 Å². The van der Waals surface area contributed by atoms with Gasteiger partial charge in [-0.05, 0) is 54.7 Å². The van der Waals surface area contributed by atoms with Gasteiger partial charge in [0, 0.05) is 24.0 Å². The number of ether oxygens (including phenoxy) is 1. The molecule has 0 N–H and O–H groups in total. The molecule has 0 saturated heterocycles. The first-order valence-corrected chi connectivity index (χ1v) is 8.89. The molecule has 2 heterocycles. The molecule has 1 aliphatic heterocycles. The Hall–Kier alpha value is -2.66. The summed E-state index contributed by atoms with van der Waals surface area (Å²) in [6.45, 7) is 1.72. The van der Waals surface area contributed by atoms with Crippen molar-refractivity contribution in [3.63, 3.8) is 0 Å². The third-order valence-electron chi connectivity index (χ3n) is 5.31. The Bertz CT molecular complexity index is 1060. The second-order valence-electron chi connectivity index (χ2n) is 7.01. The number of aryl methyl sites for hydroxylation is 1. The second-order valence-corrected chi connectivity index (χ2v) is 7.01. The van der Waals surface area contributed by atoms with E-state index in [0.29, 0.717) is 25.4 Å². The molecule has 0 radical (unpaired) electrons. The zero-order valence-electron chi connectivity index (χ0n) is 14.3. The molecule has 1 aliphatic carbocycles. The fourth-order valence-corrected chi connectivity index (χ4v) is 4.05. The van der Waals surface area contributed by atoms with Crippen LogP contribution in [-0.2, 0) is 25.9 Å². The van der Waals surface area contributed by atoms with Crippen molar-refractivity contribution in [3.05, 3.63) is 74.9 Å². The van der Waals surface area contributed by atoms with Crippen LogP contribution in [0.25, 0.3) is 11.0 Å². The molecule has 0 saturated carbocycles. The van der Waals surface area contributed by atoms with Crippen molar-refractivity contribution in [2.75, 3.05) is 6.73 Å². The van der Waals surface area contributed by atoms with Gasteiger partial charge in [0.05, 0.1) is 5.56 Å². The Balaban J connectivity index is 1.53. The van der Waals surface area contributed by atoms with Crippen molar-refractivity contribution in [2.24, 2.45) is 0 Å². The first-order chi connectivity index (χ1) is 12.7. The first kappa shape index (κ1) is 15.6. The van der Waals surface area contributed by atoms with Crippen LogP contribution < -0.4 is 10.4 Å². The van der Waals surface area contributed by atoms with Gasteiger partial charge in [0.2, 0.25) is 0 Å². The van der Waals surface area contributed by atoms with Crippen molar-refractivity contribution < 1.29 is 13.5 Å². The van der Waals surface area contributed by atoms with Crippen molar-refractivity contribution in [1.29, 1.82) is 0 Å². The van der Waals surface area contributed by atoms with Crippen molar-refractivity contribution in [3.8, 4) is 5.75 Å². The van der Waals surface area contributed by atoms with E-state index in [4.69, 9.17) is 9.15 Å². The van der Waals surface area contributed by atoms with Gasteiger partial charge in [-0.1, -0.05) is 12.1 Å². The van der Waals surface area contributed by atoms with E-state index in [1.807, 2.05) is 12.1 Å². The quantitative estimate of drug-likeness (QED) is 0.659. The lowest BCUT2D eigenvalue weighted by molar-refractivity contribution is 0.0889. The zero-order chi connectivity index (χ0) is 17.7. The van der Waals surface area contributed by atoms with Crippen molar-refractivity contribution in [1.82, 2.24) is 4.90 Å². The largest absolute Gasteiger partial charge is 0.478 e. The summed E-state index contributed by atoms with van der Waals surface area (Å²) in [4.78, 5) is 14.5. The highest BCUT2D eigenvalue weighted by Crippen LogP contribution is 2.36. The normalized spacial score (nSPS) is 16.3. The van der Waals surface area contributed by atoms with Gasteiger partial charge in [-0.25, -0.2) is 9.18 Å². The number of nitrogens with zero attached hydrogens (tertiary/aromatic N) is 1. The summed E-state index contributed by atoms with van der Waals surface area (Å²) in [5.41, 5.74) is 4.33. The van der Waals surface area contributed by atoms with E-state index in [0.717, 1.165) is 52.7 Å². The maximum absolute atomic E-state index is 13.1. The Morgan fingerprint density at radius 2 is 1.81 bits per heavy atom. The predicted octanol–water partition coefficient (Wildman–Crippen LogP) is 3.77. The lowest BCUT2D eigenvalue weighted by Gasteiger charge is -2.29. The summed E-state index contributed by atoms with van der Waals surface area (Å²) in [5.74, 6) is 0.532. The Labute approximate surface area is 149 Å². The zero-order valence-corrected chi connectivity index (χ0v) is 14.3. The third-order valence-corrected chi connectivity index (χ3v) is 5.31. The van der Waals surface area contributed by atoms with E-state index in [9.17, 15) is 9.18 Å². The summed E-state index contributed by atoms with van der Waals surface area (Å²) in [7, 11) is 0.